The second-order valence-corrected chi connectivity index (χ2v) is 17.0. The van der Waals surface area contributed by atoms with E-state index in [2.05, 4.69) is 199 Å². The third kappa shape index (κ3) is 6.16. The van der Waals surface area contributed by atoms with Gasteiger partial charge in [0.1, 0.15) is 5.69 Å². The van der Waals surface area contributed by atoms with E-state index in [9.17, 15) is 0 Å². The maximum Gasteiger partial charge on any atom is 0.164 e. The fourth-order valence-corrected chi connectivity index (χ4v) is 9.78. The Kier molecular flexibility index (Phi) is 8.76. The van der Waals surface area contributed by atoms with E-state index in [1.54, 1.807) is 0 Å². The molecule has 0 radical (unpaired) electrons. The van der Waals surface area contributed by atoms with Gasteiger partial charge >= 0.3 is 0 Å². The van der Waals surface area contributed by atoms with Crippen molar-refractivity contribution in [2.24, 2.45) is 0 Å². The van der Waals surface area contributed by atoms with E-state index in [1.165, 1.54) is 33.2 Å². The lowest BCUT2D eigenvalue weighted by Crippen LogP contribution is -2.14. The summed E-state index contributed by atoms with van der Waals surface area (Å²) in [6, 6.07) is 73.0. The lowest BCUT2D eigenvalue weighted by atomic mass is 9.82. The minimum Gasteiger partial charge on any atom is -0.291 e. The fourth-order valence-electron chi connectivity index (χ4n) is 9.78. The first-order valence-electron chi connectivity index (χ1n) is 21.8. The van der Waals surface area contributed by atoms with Crippen LogP contribution in [0.4, 0.5) is 0 Å². The Labute approximate surface area is 372 Å². The van der Waals surface area contributed by atoms with E-state index in [0.717, 1.165) is 84.2 Å². The molecule has 8 aromatic carbocycles. The van der Waals surface area contributed by atoms with Gasteiger partial charge in [0.2, 0.25) is 0 Å². The number of nitrogens with zero attached hydrogens (tertiary/aromatic N) is 5. The molecule has 12 rings (SSSR count). The third-order valence-corrected chi connectivity index (χ3v) is 13.0. The van der Waals surface area contributed by atoms with Gasteiger partial charge in [0.25, 0.3) is 0 Å². The van der Waals surface area contributed by atoms with Crippen LogP contribution < -0.4 is 0 Å². The number of aromatic nitrogens is 5. The van der Waals surface area contributed by atoms with Gasteiger partial charge in [0.05, 0.1) is 22.4 Å². The molecule has 5 nitrogen and oxygen atoms in total. The van der Waals surface area contributed by atoms with Crippen molar-refractivity contribution in [3.05, 3.63) is 224 Å². The Morgan fingerprint density at radius 3 is 1.83 bits per heavy atom. The summed E-state index contributed by atoms with van der Waals surface area (Å²) in [4.78, 5) is 20.3. The molecule has 0 spiro atoms. The van der Waals surface area contributed by atoms with Crippen molar-refractivity contribution in [1.29, 1.82) is 0 Å². The van der Waals surface area contributed by atoms with Crippen LogP contribution in [0.25, 0.3) is 106 Å². The van der Waals surface area contributed by atoms with E-state index in [1.807, 2.05) is 36.5 Å². The molecule has 0 bridgehead atoms. The van der Waals surface area contributed by atoms with Gasteiger partial charge in [-0.3, -0.25) is 9.55 Å². The van der Waals surface area contributed by atoms with Crippen LogP contribution in [-0.4, -0.2) is 24.5 Å². The molecule has 0 atom stereocenters. The third-order valence-electron chi connectivity index (χ3n) is 13.0. The Bertz CT molecular complexity index is 3550. The fraction of sp³-hybridized carbons (Fsp3) is 0.0508. The summed E-state index contributed by atoms with van der Waals surface area (Å²) in [6.45, 7) is 4.63. The van der Waals surface area contributed by atoms with Crippen LogP contribution in [0.5, 0.6) is 0 Å². The molecule has 0 aliphatic heterocycles. The molecule has 0 fully saturated rings. The van der Waals surface area contributed by atoms with Crippen LogP contribution in [0, 0.1) is 0 Å². The maximum atomic E-state index is 5.43. The summed E-state index contributed by atoms with van der Waals surface area (Å²) in [5.74, 6) is 1.55. The van der Waals surface area contributed by atoms with Crippen LogP contribution in [0.1, 0.15) is 25.0 Å². The SMILES string of the molecule is CC1(C)c2ccccc2-c2c(-c3nc(-c4ccccc4)cc(-c4ccc(-c5ccc(-c6ccc(-n7c(-c8ccccn8)nc8ccccc87)cc6)cc5)c5ccccc45)n3)cccc21. The van der Waals surface area contributed by atoms with Crippen molar-refractivity contribution >= 4 is 21.8 Å². The Morgan fingerprint density at radius 2 is 1.03 bits per heavy atom. The lowest BCUT2D eigenvalue weighted by Gasteiger charge is -2.21. The molecule has 3 aromatic heterocycles. The highest BCUT2D eigenvalue weighted by atomic mass is 15.1. The zero-order valence-electron chi connectivity index (χ0n) is 35.4. The molecular formula is C59H41N5. The van der Waals surface area contributed by atoms with Gasteiger partial charge in [0, 0.05) is 34.0 Å². The van der Waals surface area contributed by atoms with Crippen molar-refractivity contribution in [3.63, 3.8) is 0 Å². The molecule has 1 aliphatic rings. The number of pyridine rings is 1. The van der Waals surface area contributed by atoms with Gasteiger partial charge in [-0.15, -0.1) is 0 Å². The highest BCUT2D eigenvalue weighted by Gasteiger charge is 2.37. The van der Waals surface area contributed by atoms with Gasteiger partial charge in [-0.05, 0) is 97.7 Å². The molecule has 3 heterocycles. The average molecular weight is 820 g/mol. The second-order valence-electron chi connectivity index (χ2n) is 17.0. The minimum absolute atomic E-state index is 0.126. The Morgan fingerprint density at radius 1 is 0.406 bits per heavy atom. The monoisotopic (exact) mass is 819 g/mol. The molecule has 64 heavy (non-hydrogen) atoms. The van der Waals surface area contributed by atoms with E-state index >= 15 is 0 Å². The van der Waals surface area contributed by atoms with Crippen molar-refractivity contribution in [2.75, 3.05) is 0 Å². The zero-order valence-corrected chi connectivity index (χ0v) is 35.4. The predicted octanol–water partition coefficient (Wildman–Crippen LogP) is 14.7. The van der Waals surface area contributed by atoms with Crippen LogP contribution >= 0.6 is 0 Å². The van der Waals surface area contributed by atoms with E-state index in [-0.39, 0.29) is 5.41 Å². The molecule has 0 saturated carbocycles. The molecule has 302 valence electrons. The van der Waals surface area contributed by atoms with Crippen LogP contribution in [-0.2, 0) is 5.41 Å². The van der Waals surface area contributed by atoms with E-state index in [0.29, 0.717) is 0 Å². The molecule has 0 saturated heterocycles. The molecule has 0 amide bonds. The van der Waals surface area contributed by atoms with Gasteiger partial charge in [-0.2, -0.15) is 0 Å². The predicted molar refractivity (Wildman–Crippen MR) is 262 cm³/mol. The topological polar surface area (TPSA) is 56.5 Å². The molecular weight excluding hydrogens is 779 g/mol. The Balaban J connectivity index is 0.918. The van der Waals surface area contributed by atoms with Crippen LogP contribution in [0.15, 0.2) is 212 Å². The normalized spacial score (nSPS) is 12.7. The summed E-state index contributed by atoms with van der Waals surface area (Å²) in [5.41, 5.74) is 18.4. The summed E-state index contributed by atoms with van der Waals surface area (Å²) < 4.78 is 2.19. The van der Waals surface area contributed by atoms with Crippen molar-refractivity contribution in [1.82, 2.24) is 24.5 Å². The first kappa shape index (κ1) is 37.5. The van der Waals surface area contributed by atoms with E-state index in [4.69, 9.17) is 15.0 Å². The first-order valence-corrected chi connectivity index (χ1v) is 21.8. The molecule has 1 aliphatic carbocycles. The molecule has 11 aromatic rings. The smallest absolute Gasteiger partial charge is 0.164 e. The van der Waals surface area contributed by atoms with Gasteiger partial charge in [-0.25, -0.2) is 15.0 Å². The highest BCUT2D eigenvalue weighted by molar-refractivity contribution is 6.05. The summed E-state index contributed by atoms with van der Waals surface area (Å²) in [6.07, 6.45) is 1.81. The average Bonchev–Trinajstić information content (AvgIpc) is 3.87. The number of rotatable bonds is 7. The quantitative estimate of drug-likeness (QED) is 0.161. The van der Waals surface area contributed by atoms with Crippen molar-refractivity contribution in [2.45, 2.75) is 19.3 Å². The Hall–Kier alpha value is -8.28. The van der Waals surface area contributed by atoms with Gasteiger partial charge in [-0.1, -0.05) is 178 Å². The van der Waals surface area contributed by atoms with Crippen LogP contribution in [0.2, 0.25) is 0 Å². The zero-order chi connectivity index (χ0) is 42.8. The number of hydrogen-bond donors (Lipinski definition) is 0. The number of para-hydroxylation sites is 2. The largest absolute Gasteiger partial charge is 0.291 e. The second kappa shape index (κ2) is 15.0. The lowest BCUT2D eigenvalue weighted by molar-refractivity contribution is 0.660. The minimum atomic E-state index is -0.126. The van der Waals surface area contributed by atoms with Crippen LogP contribution in [0.3, 0.4) is 0 Å². The van der Waals surface area contributed by atoms with Crippen molar-refractivity contribution in [3.8, 4) is 84.5 Å². The molecule has 0 N–H and O–H groups in total. The summed E-state index contributed by atoms with van der Waals surface area (Å²) in [5, 5.41) is 2.32. The number of fused-ring (bicyclic) bond motifs is 5. The van der Waals surface area contributed by atoms with Gasteiger partial charge in [0.15, 0.2) is 11.6 Å². The standard InChI is InChI=1S/C59H41N5/c1-59(2)49-21-9-8-19-47(49)56-48(20-14-22-50(56)59)57-61-53(41-15-4-3-5-16-41)37-54(62-57)46-35-34-43(44-17-6-7-18-45(44)46)40-28-26-38(27-29-40)39-30-32-42(33-31-39)64-55-25-11-10-23-51(55)63-58(64)52-24-12-13-36-60-52/h3-37H,1-2H3. The first-order chi connectivity index (χ1) is 31.5. The highest BCUT2D eigenvalue weighted by Crippen LogP contribution is 2.52. The maximum absolute atomic E-state index is 5.43. The number of hydrogen-bond acceptors (Lipinski definition) is 4. The summed E-state index contributed by atoms with van der Waals surface area (Å²) in [7, 11) is 0. The number of benzene rings is 8. The number of imidazole rings is 1. The van der Waals surface area contributed by atoms with Crippen molar-refractivity contribution < 1.29 is 0 Å². The van der Waals surface area contributed by atoms with E-state index < -0.39 is 0 Å². The summed E-state index contributed by atoms with van der Waals surface area (Å²) >= 11 is 0. The molecule has 0 unspecified atom stereocenters. The molecule has 5 heteroatoms. The van der Waals surface area contributed by atoms with Gasteiger partial charge < -0.3 is 0 Å².